The summed E-state index contributed by atoms with van der Waals surface area (Å²) in [6.07, 6.45) is -3.07. The van der Waals surface area contributed by atoms with Gasteiger partial charge in [-0.05, 0) is 30.7 Å². The summed E-state index contributed by atoms with van der Waals surface area (Å²) >= 11 is 0. The van der Waals surface area contributed by atoms with Crippen LogP contribution in [-0.2, 0) is 6.42 Å². The van der Waals surface area contributed by atoms with Crippen molar-refractivity contribution in [2.24, 2.45) is 0 Å². The fourth-order valence-electron chi connectivity index (χ4n) is 2.72. The van der Waals surface area contributed by atoms with Crippen molar-refractivity contribution in [1.29, 1.82) is 0 Å². The van der Waals surface area contributed by atoms with E-state index in [-0.39, 0.29) is 11.4 Å². The first-order valence-corrected chi connectivity index (χ1v) is 8.83. The largest absolute Gasteiger partial charge is 0.573 e. The van der Waals surface area contributed by atoms with Gasteiger partial charge in [0, 0.05) is 0 Å². The van der Waals surface area contributed by atoms with E-state index in [1.54, 1.807) is 4.68 Å². The second-order valence-electron chi connectivity index (χ2n) is 6.01. The minimum atomic E-state index is -4.88. The number of nitrogens with zero attached hydrogens (tertiary/aromatic N) is 2. The van der Waals surface area contributed by atoms with Crippen LogP contribution in [0, 0.1) is 0 Å². The van der Waals surface area contributed by atoms with E-state index in [9.17, 15) is 18.0 Å². The number of halogens is 3. The van der Waals surface area contributed by atoms with Gasteiger partial charge in [0.2, 0.25) is 0 Å². The Morgan fingerprint density at radius 3 is 2.45 bits per heavy atom. The highest BCUT2D eigenvalue weighted by atomic mass is 19.4. The van der Waals surface area contributed by atoms with Crippen LogP contribution in [0.1, 0.15) is 19.0 Å². The maximum Gasteiger partial charge on any atom is 0.573 e. The molecule has 0 saturated heterocycles. The predicted octanol–water partition coefficient (Wildman–Crippen LogP) is 5.33. The first kappa shape index (κ1) is 20.2. The van der Waals surface area contributed by atoms with Crippen LogP contribution >= 0.6 is 0 Å². The summed E-state index contributed by atoms with van der Waals surface area (Å²) in [5, 5.41) is 6.55. The average molecular weight is 405 g/mol. The average Bonchev–Trinajstić information content (AvgIpc) is 3.05. The molecule has 1 heterocycles. The molecule has 0 aliphatic rings. The third kappa shape index (κ3) is 5.28. The van der Waals surface area contributed by atoms with Gasteiger partial charge in [0.1, 0.15) is 0 Å². The molecule has 3 aromatic rings. The molecule has 0 spiro atoms. The quantitative estimate of drug-likeness (QED) is 0.602. The molecule has 0 aliphatic heterocycles. The smallest absolute Gasteiger partial charge is 0.406 e. The second kappa shape index (κ2) is 8.68. The molecule has 0 fully saturated rings. The number of anilines is 1. The topological polar surface area (TPSA) is 65.4 Å². The zero-order valence-electron chi connectivity index (χ0n) is 15.4. The summed E-state index contributed by atoms with van der Waals surface area (Å²) in [5.41, 5.74) is 1.31. The van der Waals surface area contributed by atoms with Crippen LogP contribution in [0.5, 0.6) is 11.5 Å². The van der Waals surface area contributed by atoms with E-state index in [2.05, 4.69) is 15.2 Å². The highest BCUT2D eigenvalue weighted by Crippen LogP contribution is 2.30. The lowest BCUT2D eigenvalue weighted by atomic mass is 10.2. The molecule has 1 aromatic heterocycles. The Kier molecular flexibility index (Phi) is 6.06. The molecule has 0 bridgehead atoms. The van der Waals surface area contributed by atoms with Crippen molar-refractivity contribution < 1.29 is 27.4 Å². The highest BCUT2D eigenvalue weighted by Gasteiger charge is 2.32. The number of carbonyl (C=O) groups excluding carboxylic acids is 1. The van der Waals surface area contributed by atoms with Crippen molar-refractivity contribution in [2.75, 3.05) is 5.32 Å². The monoisotopic (exact) mass is 405 g/mol. The van der Waals surface area contributed by atoms with Crippen LogP contribution in [0.4, 0.5) is 23.7 Å². The van der Waals surface area contributed by atoms with Crippen LogP contribution in [0.3, 0.4) is 0 Å². The van der Waals surface area contributed by atoms with E-state index in [0.29, 0.717) is 12.1 Å². The van der Waals surface area contributed by atoms with Gasteiger partial charge in [-0.2, -0.15) is 5.10 Å². The van der Waals surface area contributed by atoms with E-state index in [4.69, 9.17) is 4.74 Å². The lowest BCUT2D eigenvalue weighted by molar-refractivity contribution is -0.274. The molecule has 0 saturated carbocycles. The molecule has 3 rings (SSSR count). The minimum Gasteiger partial charge on any atom is -0.406 e. The zero-order valence-corrected chi connectivity index (χ0v) is 15.4. The molecule has 0 radical (unpaired) electrons. The number of rotatable bonds is 6. The maximum absolute atomic E-state index is 12.5. The lowest BCUT2D eigenvalue weighted by Gasteiger charge is -2.14. The fraction of sp³-hybridized carbons (Fsp3) is 0.200. The molecule has 1 N–H and O–H groups in total. The van der Waals surface area contributed by atoms with Gasteiger partial charge >= 0.3 is 12.5 Å². The van der Waals surface area contributed by atoms with Crippen LogP contribution in [-0.4, -0.2) is 22.2 Å². The first-order valence-electron chi connectivity index (χ1n) is 8.83. The molecule has 2 aromatic carbocycles. The second-order valence-corrected chi connectivity index (χ2v) is 6.01. The summed E-state index contributed by atoms with van der Waals surface area (Å²) in [7, 11) is 0. The third-order valence-corrected chi connectivity index (χ3v) is 3.87. The van der Waals surface area contributed by atoms with Crippen LogP contribution in [0.25, 0.3) is 5.69 Å². The maximum atomic E-state index is 12.5. The molecule has 0 unspecified atom stereocenters. The molecule has 9 heteroatoms. The van der Waals surface area contributed by atoms with E-state index in [1.807, 2.05) is 37.3 Å². The van der Waals surface area contributed by atoms with Gasteiger partial charge in [-0.3, -0.25) is 5.32 Å². The van der Waals surface area contributed by atoms with Gasteiger partial charge in [-0.15, -0.1) is 13.2 Å². The number of benzene rings is 2. The molecule has 0 aliphatic carbocycles. The van der Waals surface area contributed by atoms with Gasteiger partial charge < -0.3 is 9.47 Å². The molecule has 0 atom stereocenters. The fourth-order valence-corrected chi connectivity index (χ4v) is 2.72. The van der Waals surface area contributed by atoms with E-state index in [1.165, 1.54) is 24.4 Å². The summed E-state index contributed by atoms with van der Waals surface area (Å²) in [4.78, 5) is 12.3. The van der Waals surface area contributed by atoms with E-state index >= 15 is 0 Å². The van der Waals surface area contributed by atoms with Gasteiger partial charge in [-0.25, -0.2) is 9.48 Å². The Hall–Kier alpha value is -3.49. The van der Waals surface area contributed by atoms with Gasteiger partial charge in [0.25, 0.3) is 0 Å². The summed E-state index contributed by atoms with van der Waals surface area (Å²) in [6, 6.07) is 14.5. The van der Waals surface area contributed by atoms with Crippen LogP contribution in [0.15, 0.2) is 60.8 Å². The number of carbonyl (C=O) groups is 1. The van der Waals surface area contributed by atoms with Gasteiger partial charge in [0.05, 0.1) is 23.3 Å². The molecule has 6 nitrogen and oxygen atoms in total. The first-order chi connectivity index (χ1) is 13.9. The molecular formula is C20H18F3N3O3. The molecule has 152 valence electrons. The van der Waals surface area contributed by atoms with Crippen molar-refractivity contribution in [3.63, 3.8) is 0 Å². The SMILES string of the molecule is CCCc1c(OC(=O)Nc2ccccc2OC(F)(F)F)cnn1-c1ccccc1. The van der Waals surface area contributed by atoms with Gasteiger partial charge in [-0.1, -0.05) is 43.7 Å². The van der Waals surface area contributed by atoms with Crippen molar-refractivity contribution >= 4 is 11.8 Å². The standard InChI is InChI=1S/C20H18F3N3O3/c1-2-8-16-18(13-24-26(16)14-9-4-3-5-10-14)28-19(27)25-15-11-6-7-12-17(15)29-20(21,22)23/h3-7,9-13H,2,8H2,1H3,(H,25,27). The van der Waals surface area contributed by atoms with Gasteiger partial charge in [0.15, 0.2) is 11.5 Å². The van der Waals surface area contributed by atoms with Crippen molar-refractivity contribution in [2.45, 2.75) is 26.1 Å². The van der Waals surface area contributed by atoms with Crippen molar-refractivity contribution in [1.82, 2.24) is 9.78 Å². The number of alkyl halides is 3. The Balaban J connectivity index is 1.79. The van der Waals surface area contributed by atoms with E-state index in [0.717, 1.165) is 18.2 Å². The highest BCUT2D eigenvalue weighted by molar-refractivity contribution is 5.88. The number of ether oxygens (including phenoxy) is 2. The third-order valence-electron chi connectivity index (χ3n) is 3.87. The van der Waals surface area contributed by atoms with E-state index < -0.39 is 18.2 Å². The van der Waals surface area contributed by atoms with Crippen LogP contribution < -0.4 is 14.8 Å². The molecule has 1 amide bonds. The molecular weight excluding hydrogens is 387 g/mol. The summed E-state index contributed by atoms with van der Waals surface area (Å²) < 4.78 is 48.5. The Labute approximate surface area is 164 Å². The lowest BCUT2D eigenvalue weighted by Crippen LogP contribution is -2.21. The number of amides is 1. The Morgan fingerprint density at radius 1 is 1.07 bits per heavy atom. The molecule has 29 heavy (non-hydrogen) atoms. The number of hydrogen-bond acceptors (Lipinski definition) is 4. The zero-order chi connectivity index (χ0) is 20.9. The summed E-state index contributed by atoms with van der Waals surface area (Å²) in [5.74, 6) is -0.312. The minimum absolute atomic E-state index is 0.165. The number of nitrogens with one attached hydrogen (secondary N) is 1. The van der Waals surface area contributed by atoms with Crippen molar-refractivity contribution in [3.05, 3.63) is 66.5 Å². The number of para-hydroxylation sites is 3. The number of aromatic nitrogens is 2. The van der Waals surface area contributed by atoms with Crippen LogP contribution in [0.2, 0.25) is 0 Å². The summed E-state index contributed by atoms with van der Waals surface area (Å²) in [6.45, 7) is 1.97. The normalized spacial score (nSPS) is 11.2. The predicted molar refractivity (Wildman–Crippen MR) is 100 cm³/mol. The Bertz CT molecular complexity index is 972. The Morgan fingerprint density at radius 2 is 1.76 bits per heavy atom. The van der Waals surface area contributed by atoms with Crippen molar-refractivity contribution in [3.8, 4) is 17.2 Å². The number of hydrogen-bond donors (Lipinski definition) is 1.